The maximum absolute atomic E-state index is 11.6. The number of rotatable bonds is 4. The van der Waals surface area contributed by atoms with E-state index in [0.717, 1.165) is 0 Å². The summed E-state index contributed by atoms with van der Waals surface area (Å²) in [6.07, 6.45) is 1.46. The molecule has 2 heterocycles. The van der Waals surface area contributed by atoms with Crippen LogP contribution in [0.25, 0.3) is 0 Å². The maximum Gasteiger partial charge on any atom is 0.309 e. The Hall–Kier alpha value is -1.50. The van der Waals surface area contributed by atoms with Gasteiger partial charge >= 0.3 is 5.97 Å². The van der Waals surface area contributed by atoms with Gasteiger partial charge in [-0.1, -0.05) is 11.3 Å². The number of esters is 1. The lowest BCUT2D eigenvalue weighted by Crippen LogP contribution is -2.17. The van der Waals surface area contributed by atoms with Gasteiger partial charge in [0.25, 0.3) is 0 Å². The van der Waals surface area contributed by atoms with Gasteiger partial charge in [-0.2, -0.15) is 0 Å². The van der Waals surface area contributed by atoms with Crippen LogP contribution in [0.4, 0.5) is 5.13 Å². The molecule has 0 bridgehead atoms. The number of hydrogen-bond donors (Lipinski definition) is 1. The number of aromatic nitrogens is 2. The molecule has 1 atom stereocenters. The van der Waals surface area contributed by atoms with Crippen LogP contribution in [-0.2, 0) is 14.3 Å². The Bertz CT molecular complexity index is 444. The lowest BCUT2D eigenvalue weighted by molar-refractivity contribution is -0.148. The van der Waals surface area contributed by atoms with Crippen molar-refractivity contribution in [2.75, 3.05) is 5.32 Å². The fraction of sp³-hybridized carbons (Fsp3) is 0.636. The van der Waals surface area contributed by atoms with Gasteiger partial charge in [-0.25, -0.2) is 0 Å². The molecule has 98 valence electrons. The summed E-state index contributed by atoms with van der Waals surface area (Å²) in [6.45, 7) is 3.76. The van der Waals surface area contributed by atoms with E-state index in [1.165, 1.54) is 11.3 Å². The summed E-state index contributed by atoms with van der Waals surface area (Å²) in [7, 11) is 0. The predicted molar refractivity (Wildman–Crippen MR) is 66.1 cm³/mol. The normalized spacial score (nSPS) is 21.7. The first-order chi connectivity index (χ1) is 8.46. The summed E-state index contributed by atoms with van der Waals surface area (Å²) in [5, 5.41) is 10.5. The first kappa shape index (κ1) is 12.9. The van der Waals surface area contributed by atoms with Crippen LogP contribution in [0.5, 0.6) is 0 Å². The molecular formula is C11H15N3O3S. The first-order valence-corrected chi connectivity index (χ1v) is 6.63. The van der Waals surface area contributed by atoms with Gasteiger partial charge in [-0.05, 0) is 26.7 Å². The van der Waals surface area contributed by atoms with Gasteiger partial charge in [0.05, 0.1) is 5.92 Å². The first-order valence-electron chi connectivity index (χ1n) is 5.75. The third-order valence-corrected chi connectivity index (χ3v) is 3.38. The van der Waals surface area contributed by atoms with Crippen molar-refractivity contribution in [2.24, 2.45) is 5.92 Å². The van der Waals surface area contributed by atoms with Gasteiger partial charge < -0.3 is 10.1 Å². The zero-order valence-corrected chi connectivity index (χ0v) is 11.1. The molecule has 2 rings (SSSR count). The predicted octanol–water partition coefficient (Wildman–Crippen LogP) is 1.60. The summed E-state index contributed by atoms with van der Waals surface area (Å²) >= 11 is 1.26. The van der Waals surface area contributed by atoms with Crippen molar-refractivity contribution in [1.82, 2.24) is 10.2 Å². The summed E-state index contributed by atoms with van der Waals surface area (Å²) < 4.78 is 5.21. The topological polar surface area (TPSA) is 81.2 Å². The fourth-order valence-electron chi connectivity index (χ4n) is 2.01. The van der Waals surface area contributed by atoms with E-state index < -0.39 is 5.60 Å². The minimum absolute atomic E-state index is 0.149. The van der Waals surface area contributed by atoms with Gasteiger partial charge in [-0.3, -0.25) is 9.59 Å². The summed E-state index contributed by atoms with van der Waals surface area (Å²) in [5.74, 6) is -0.534. The molecule has 1 aliphatic rings. The van der Waals surface area contributed by atoms with Gasteiger partial charge in [0.15, 0.2) is 0 Å². The summed E-state index contributed by atoms with van der Waals surface area (Å²) in [6, 6.07) is 0. The van der Waals surface area contributed by atoms with E-state index >= 15 is 0 Å². The average Bonchev–Trinajstić information content (AvgIpc) is 2.83. The van der Waals surface area contributed by atoms with Crippen LogP contribution < -0.4 is 5.32 Å². The Morgan fingerprint density at radius 2 is 2.44 bits per heavy atom. The highest BCUT2D eigenvalue weighted by atomic mass is 32.1. The van der Waals surface area contributed by atoms with Crippen LogP contribution in [0.1, 0.15) is 33.1 Å². The number of ether oxygens (including phenoxy) is 1. The van der Waals surface area contributed by atoms with E-state index in [0.29, 0.717) is 18.0 Å². The van der Waals surface area contributed by atoms with E-state index in [1.54, 1.807) is 5.51 Å². The van der Waals surface area contributed by atoms with Crippen LogP contribution in [0, 0.1) is 5.92 Å². The lowest BCUT2D eigenvalue weighted by Gasteiger charge is -2.14. The SMILES string of the molecule is CC1(C)C[C@H](CCC(=O)Nc2nncs2)C(=O)O1. The van der Waals surface area contributed by atoms with Crippen LogP contribution in [0.2, 0.25) is 0 Å². The molecule has 1 fully saturated rings. The molecule has 1 aromatic heterocycles. The van der Waals surface area contributed by atoms with Crippen molar-refractivity contribution in [3.05, 3.63) is 5.51 Å². The third-order valence-electron chi connectivity index (χ3n) is 2.77. The molecule has 0 radical (unpaired) electrons. The number of nitrogens with zero attached hydrogens (tertiary/aromatic N) is 2. The van der Waals surface area contributed by atoms with Crippen LogP contribution in [0.15, 0.2) is 5.51 Å². The second-order valence-electron chi connectivity index (χ2n) is 4.91. The van der Waals surface area contributed by atoms with Crippen molar-refractivity contribution in [3.63, 3.8) is 0 Å². The molecule has 1 amide bonds. The zero-order valence-electron chi connectivity index (χ0n) is 10.3. The Kier molecular flexibility index (Phi) is 3.60. The molecule has 1 N–H and O–H groups in total. The molecule has 18 heavy (non-hydrogen) atoms. The van der Waals surface area contributed by atoms with Crippen molar-refractivity contribution < 1.29 is 14.3 Å². The van der Waals surface area contributed by atoms with Crippen LogP contribution in [-0.4, -0.2) is 27.7 Å². The second-order valence-corrected chi connectivity index (χ2v) is 5.75. The van der Waals surface area contributed by atoms with Crippen LogP contribution >= 0.6 is 11.3 Å². The minimum Gasteiger partial charge on any atom is -0.459 e. The van der Waals surface area contributed by atoms with Gasteiger partial charge in [-0.15, -0.1) is 10.2 Å². The monoisotopic (exact) mass is 269 g/mol. The molecule has 1 aliphatic heterocycles. The Labute approximate surface area is 109 Å². The second kappa shape index (κ2) is 5.01. The minimum atomic E-state index is -0.405. The van der Waals surface area contributed by atoms with Crippen molar-refractivity contribution >= 4 is 28.3 Å². The highest BCUT2D eigenvalue weighted by Gasteiger charge is 2.39. The molecule has 1 aromatic rings. The largest absolute Gasteiger partial charge is 0.459 e. The molecule has 0 unspecified atom stereocenters. The Morgan fingerprint density at radius 3 is 3.00 bits per heavy atom. The molecule has 7 heteroatoms. The van der Waals surface area contributed by atoms with Crippen molar-refractivity contribution in [2.45, 2.75) is 38.7 Å². The number of amides is 1. The molecule has 1 saturated heterocycles. The smallest absolute Gasteiger partial charge is 0.309 e. The molecule has 6 nitrogen and oxygen atoms in total. The number of anilines is 1. The van der Waals surface area contributed by atoms with Crippen LogP contribution in [0.3, 0.4) is 0 Å². The quantitative estimate of drug-likeness (QED) is 0.840. The zero-order chi connectivity index (χ0) is 13.2. The molecule has 0 spiro atoms. The number of carbonyl (C=O) groups is 2. The summed E-state index contributed by atoms with van der Waals surface area (Å²) in [5.41, 5.74) is 1.14. The number of carbonyl (C=O) groups excluding carboxylic acids is 2. The van der Waals surface area contributed by atoms with E-state index in [2.05, 4.69) is 15.5 Å². The van der Waals surface area contributed by atoms with Gasteiger partial charge in [0.2, 0.25) is 11.0 Å². The van der Waals surface area contributed by atoms with E-state index in [1.807, 2.05) is 13.8 Å². The van der Waals surface area contributed by atoms with Crippen molar-refractivity contribution in [1.29, 1.82) is 0 Å². The molecule has 0 aromatic carbocycles. The van der Waals surface area contributed by atoms with Crippen molar-refractivity contribution in [3.8, 4) is 0 Å². The van der Waals surface area contributed by atoms with E-state index in [9.17, 15) is 9.59 Å². The Balaban J connectivity index is 1.78. The third kappa shape index (κ3) is 3.25. The Morgan fingerprint density at radius 1 is 1.67 bits per heavy atom. The van der Waals surface area contributed by atoms with E-state index in [4.69, 9.17) is 4.74 Å². The highest BCUT2D eigenvalue weighted by molar-refractivity contribution is 7.13. The lowest BCUT2D eigenvalue weighted by atomic mass is 9.94. The molecule has 0 saturated carbocycles. The van der Waals surface area contributed by atoms with Gasteiger partial charge in [0.1, 0.15) is 11.1 Å². The van der Waals surface area contributed by atoms with E-state index in [-0.39, 0.29) is 24.2 Å². The molecule has 0 aliphatic carbocycles. The average molecular weight is 269 g/mol. The number of cyclic esters (lactones) is 1. The summed E-state index contributed by atoms with van der Waals surface area (Å²) in [4.78, 5) is 23.2. The fourth-order valence-corrected chi connectivity index (χ4v) is 2.47. The maximum atomic E-state index is 11.6. The number of hydrogen-bond acceptors (Lipinski definition) is 6. The van der Waals surface area contributed by atoms with Gasteiger partial charge in [0, 0.05) is 6.42 Å². The standard InChI is InChI=1S/C11H15N3O3S/c1-11(2)5-7(9(16)17-11)3-4-8(15)13-10-14-12-6-18-10/h6-7H,3-5H2,1-2H3,(H,13,14,15)/t7-/m0/s1. The molecular weight excluding hydrogens is 254 g/mol. The highest BCUT2D eigenvalue weighted by Crippen LogP contribution is 2.33. The number of nitrogens with one attached hydrogen (secondary N) is 1.